The average molecular weight is 325 g/mol. The van der Waals surface area contributed by atoms with Crippen LogP contribution in [0.15, 0.2) is 54.6 Å². The number of benzene rings is 2. The lowest BCUT2D eigenvalue weighted by atomic mass is 9.99. The second kappa shape index (κ2) is 7.97. The van der Waals surface area contributed by atoms with Crippen molar-refractivity contribution >= 4 is 11.6 Å². The molecule has 0 aliphatic carbocycles. The van der Waals surface area contributed by atoms with Gasteiger partial charge in [0.15, 0.2) is 6.54 Å². The Hall–Kier alpha value is -2.33. The third-order valence-electron chi connectivity index (χ3n) is 4.51. The highest BCUT2D eigenvalue weighted by molar-refractivity contribution is 5.91. The van der Waals surface area contributed by atoms with Crippen LogP contribution in [0.3, 0.4) is 0 Å². The number of carbonyl (C=O) groups is 1. The number of anilines is 1. The molecular weight excluding hydrogens is 300 g/mol. The fraction of sp³-hybridized carbons (Fsp3) is 0.350. The zero-order chi connectivity index (χ0) is 16.8. The van der Waals surface area contributed by atoms with Crippen LogP contribution in [0.5, 0.6) is 11.5 Å². The maximum Gasteiger partial charge on any atom is 0.279 e. The van der Waals surface area contributed by atoms with Gasteiger partial charge in [0.05, 0.1) is 13.1 Å². The van der Waals surface area contributed by atoms with Gasteiger partial charge < -0.3 is 15.0 Å². The van der Waals surface area contributed by atoms with E-state index in [0.29, 0.717) is 6.54 Å². The number of hydrogen-bond acceptors (Lipinski definition) is 2. The molecule has 1 aliphatic rings. The first-order valence-corrected chi connectivity index (χ1v) is 8.65. The molecule has 126 valence electrons. The second-order valence-electron chi connectivity index (χ2n) is 6.60. The van der Waals surface area contributed by atoms with Crippen LogP contribution < -0.4 is 15.0 Å². The summed E-state index contributed by atoms with van der Waals surface area (Å²) in [5.41, 5.74) is 0.810. The minimum atomic E-state index is 0.0799. The molecule has 24 heavy (non-hydrogen) atoms. The molecule has 3 rings (SSSR count). The Bertz CT molecular complexity index is 647. The van der Waals surface area contributed by atoms with Crippen LogP contribution in [-0.2, 0) is 4.79 Å². The molecule has 2 N–H and O–H groups in total. The predicted molar refractivity (Wildman–Crippen MR) is 95.5 cm³/mol. The predicted octanol–water partition coefficient (Wildman–Crippen LogP) is 2.73. The van der Waals surface area contributed by atoms with Crippen LogP contribution in [0.25, 0.3) is 0 Å². The van der Waals surface area contributed by atoms with Gasteiger partial charge in [-0.3, -0.25) is 4.79 Å². The molecule has 4 heteroatoms. The van der Waals surface area contributed by atoms with Crippen LogP contribution in [-0.4, -0.2) is 25.5 Å². The van der Waals surface area contributed by atoms with Crippen molar-refractivity contribution in [1.29, 1.82) is 0 Å². The van der Waals surface area contributed by atoms with Gasteiger partial charge in [-0.05, 0) is 55.2 Å². The number of hydrogen-bond donors (Lipinski definition) is 2. The Morgan fingerprint density at radius 3 is 2.33 bits per heavy atom. The summed E-state index contributed by atoms with van der Waals surface area (Å²) in [5, 5.41) is 2.98. The fourth-order valence-corrected chi connectivity index (χ4v) is 3.01. The maximum absolute atomic E-state index is 12.2. The summed E-state index contributed by atoms with van der Waals surface area (Å²) in [6, 6.07) is 17.2. The topological polar surface area (TPSA) is 42.8 Å². The fourth-order valence-electron chi connectivity index (χ4n) is 3.01. The molecule has 4 nitrogen and oxygen atoms in total. The lowest BCUT2D eigenvalue weighted by Gasteiger charge is -2.26. The van der Waals surface area contributed by atoms with Gasteiger partial charge in [-0.2, -0.15) is 0 Å². The lowest BCUT2D eigenvalue weighted by Crippen LogP contribution is -3.14. The first-order valence-electron chi connectivity index (χ1n) is 8.65. The van der Waals surface area contributed by atoms with Crippen LogP contribution >= 0.6 is 0 Å². The minimum Gasteiger partial charge on any atom is -0.457 e. The summed E-state index contributed by atoms with van der Waals surface area (Å²) < 4.78 is 5.75. The van der Waals surface area contributed by atoms with Gasteiger partial charge in [0.2, 0.25) is 0 Å². The Morgan fingerprint density at radius 2 is 1.67 bits per heavy atom. The summed E-state index contributed by atoms with van der Waals surface area (Å²) in [7, 11) is 0. The summed E-state index contributed by atoms with van der Waals surface area (Å²) in [6.45, 7) is 5.03. The first-order chi connectivity index (χ1) is 11.7. The highest BCUT2D eigenvalue weighted by Gasteiger charge is 2.21. The van der Waals surface area contributed by atoms with Crippen molar-refractivity contribution in [3.8, 4) is 11.5 Å². The molecule has 1 fully saturated rings. The van der Waals surface area contributed by atoms with E-state index in [2.05, 4.69) is 12.2 Å². The minimum absolute atomic E-state index is 0.0799. The van der Waals surface area contributed by atoms with Crippen molar-refractivity contribution in [3.05, 3.63) is 54.6 Å². The third-order valence-corrected chi connectivity index (χ3v) is 4.51. The lowest BCUT2D eigenvalue weighted by molar-refractivity contribution is -0.897. The summed E-state index contributed by atoms with van der Waals surface area (Å²) in [6.07, 6.45) is 2.43. The van der Waals surface area contributed by atoms with E-state index < -0.39 is 0 Å². The number of amides is 1. The number of ether oxygens (including phenoxy) is 1. The molecule has 0 aromatic heterocycles. The molecule has 1 saturated heterocycles. The van der Waals surface area contributed by atoms with Gasteiger partial charge >= 0.3 is 0 Å². The van der Waals surface area contributed by atoms with Crippen molar-refractivity contribution in [2.24, 2.45) is 5.92 Å². The highest BCUT2D eigenvalue weighted by Crippen LogP contribution is 2.22. The van der Waals surface area contributed by atoms with Crippen LogP contribution in [0.1, 0.15) is 19.8 Å². The van der Waals surface area contributed by atoms with Crippen LogP contribution in [0, 0.1) is 5.92 Å². The number of carbonyl (C=O) groups excluding carboxylic acids is 1. The molecule has 1 heterocycles. The van der Waals surface area contributed by atoms with Gasteiger partial charge in [0.1, 0.15) is 11.5 Å². The van der Waals surface area contributed by atoms with Gasteiger partial charge in [-0.1, -0.05) is 25.1 Å². The van der Waals surface area contributed by atoms with Gasteiger partial charge in [0.25, 0.3) is 5.91 Å². The number of para-hydroxylation sites is 1. The van der Waals surface area contributed by atoms with E-state index >= 15 is 0 Å². The van der Waals surface area contributed by atoms with Crippen molar-refractivity contribution < 1.29 is 14.4 Å². The smallest absolute Gasteiger partial charge is 0.279 e. The van der Waals surface area contributed by atoms with E-state index in [1.807, 2.05) is 54.6 Å². The van der Waals surface area contributed by atoms with Gasteiger partial charge in [-0.25, -0.2) is 0 Å². The zero-order valence-electron chi connectivity index (χ0n) is 14.1. The average Bonchev–Trinajstić information content (AvgIpc) is 2.60. The van der Waals surface area contributed by atoms with Crippen molar-refractivity contribution in [1.82, 2.24) is 0 Å². The number of piperidine rings is 1. The first kappa shape index (κ1) is 16.5. The molecule has 1 amide bonds. The van der Waals surface area contributed by atoms with E-state index in [9.17, 15) is 4.79 Å². The van der Waals surface area contributed by atoms with E-state index in [0.717, 1.165) is 36.2 Å². The molecule has 0 saturated carbocycles. The van der Waals surface area contributed by atoms with E-state index in [4.69, 9.17) is 4.74 Å². The quantitative estimate of drug-likeness (QED) is 0.888. The van der Waals surface area contributed by atoms with Crippen LogP contribution in [0.2, 0.25) is 0 Å². The molecule has 2 aromatic carbocycles. The highest BCUT2D eigenvalue weighted by atomic mass is 16.5. The Morgan fingerprint density at radius 1 is 1.04 bits per heavy atom. The monoisotopic (exact) mass is 325 g/mol. The number of nitrogens with one attached hydrogen (secondary N) is 2. The largest absolute Gasteiger partial charge is 0.457 e. The van der Waals surface area contributed by atoms with Crippen LogP contribution in [0.4, 0.5) is 5.69 Å². The molecule has 0 bridgehead atoms. The van der Waals surface area contributed by atoms with E-state index in [1.165, 1.54) is 17.7 Å². The molecule has 0 radical (unpaired) electrons. The number of quaternary nitrogens is 1. The molecule has 2 aromatic rings. The van der Waals surface area contributed by atoms with Gasteiger partial charge in [-0.15, -0.1) is 0 Å². The Kier molecular flexibility index (Phi) is 5.49. The molecule has 0 unspecified atom stereocenters. The third kappa shape index (κ3) is 4.83. The number of likely N-dealkylation sites (tertiary alicyclic amines) is 1. The molecule has 0 spiro atoms. The molecule has 0 atom stereocenters. The second-order valence-corrected chi connectivity index (χ2v) is 6.60. The maximum atomic E-state index is 12.2. The zero-order valence-corrected chi connectivity index (χ0v) is 14.1. The van der Waals surface area contributed by atoms with E-state index in [-0.39, 0.29) is 5.91 Å². The molecule has 1 aliphatic heterocycles. The normalized spacial score (nSPS) is 20.4. The standard InChI is InChI=1S/C20H24N2O2/c1-16-11-13-22(14-12-16)15-20(23)21-17-7-9-19(10-8-17)24-18-5-3-2-4-6-18/h2-10,16H,11-15H2,1H3,(H,21,23)/p+1. The van der Waals surface area contributed by atoms with Gasteiger partial charge in [0, 0.05) is 5.69 Å². The Balaban J connectivity index is 1.49. The number of rotatable bonds is 5. The summed E-state index contributed by atoms with van der Waals surface area (Å²) >= 11 is 0. The summed E-state index contributed by atoms with van der Waals surface area (Å²) in [4.78, 5) is 13.6. The Labute approximate surface area is 143 Å². The van der Waals surface area contributed by atoms with Crippen molar-refractivity contribution in [3.63, 3.8) is 0 Å². The van der Waals surface area contributed by atoms with E-state index in [1.54, 1.807) is 0 Å². The SMILES string of the molecule is CC1CC[NH+](CC(=O)Nc2ccc(Oc3ccccc3)cc2)CC1. The summed E-state index contributed by atoms with van der Waals surface area (Å²) in [5.74, 6) is 2.44. The molecular formula is C20H25N2O2+. The van der Waals surface area contributed by atoms with Crippen molar-refractivity contribution in [2.45, 2.75) is 19.8 Å². The van der Waals surface area contributed by atoms with Crippen molar-refractivity contribution in [2.75, 3.05) is 25.0 Å².